The van der Waals surface area contributed by atoms with E-state index < -0.39 is 0 Å². The van der Waals surface area contributed by atoms with Crippen LogP contribution in [0.15, 0.2) is 52.5 Å². The Bertz CT molecular complexity index is 886. The number of ether oxygens (including phenoxy) is 1. The Morgan fingerprint density at radius 3 is 2.29 bits per heavy atom. The highest BCUT2D eigenvalue weighted by molar-refractivity contribution is 7.99. The summed E-state index contributed by atoms with van der Waals surface area (Å²) in [4.78, 5) is 1.26. The van der Waals surface area contributed by atoms with Gasteiger partial charge in [0.1, 0.15) is 11.6 Å². The van der Waals surface area contributed by atoms with Gasteiger partial charge in [0.25, 0.3) is 0 Å². The molecule has 4 nitrogen and oxygen atoms in total. The molecule has 0 spiro atoms. The lowest BCUT2D eigenvalue weighted by Crippen LogP contribution is -2.05. The first-order valence-electron chi connectivity index (χ1n) is 9.50. The van der Waals surface area contributed by atoms with E-state index in [0.717, 1.165) is 34.8 Å². The molecule has 1 heterocycles. The molecule has 0 saturated carbocycles. The van der Waals surface area contributed by atoms with Crippen molar-refractivity contribution in [1.82, 2.24) is 14.8 Å². The van der Waals surface area contributed by atoms with Gasteiger partial charge in [0.05, 0.1) is 12.4 Å². The minimum atomic E-state index is 0.650. The van der Waals surface area contributed by atoms with E-state index in [1.807, 2.05) is 0 Å². The van der Waals surface area contributed by atoms with Crippen LogP contribution in [0.1, 0.15) is 29.4 Å². The third-order valence-electron chi connectivity index (χ3n) is 4.28. The highest BCUT2D eigenvalue weighted by Gasteiger charge is 2.11. The van der Waals surface area contributed by atoms with Crippen molar-refractivity contribution in [3.05, 3.63) is 65.0 Å². The van der Waals surface area contributed by atoms with Crippen molar-refractivity contribution >= 4 is 23.5 Å². The van der Waals surface area contributed by atoms with Gasteiger partial charge in [0, 0.05) is 17.2 Å². The molecule has 1 aromatic heterocycles. The van der Waals surface area contributed by atoms with E-state index in [4.69, 9.17) is 4.74 Å². The molecule has 0 amide bonds. The molecule has 0 unspecified atom stereocenters. The van der Waals surface area contributed by atoms with Crippen molar-refractivity contribution in [3.8, 4) is 5.75 Å². The molecular weight excluding hydrogens is 386 g/mol. The van der Waals surface area contributed by atoms with Crippen LogP contribution >= 0.6 is 23.5 Å². The summed E-state index contributed by atoms with van der Waals surface area (Å²) in [6.45, 7) is 9.95. The first-order valence-corrected chi connectivity index (χ1v) is 11.5. The summed E-state index contributed by atoms with van der Waals surface area (Å²) >= 11 is 3.49. The number of hydrogen-bond donors (Lipinski definition) is 0. The van der Waals surface area contributed by atoms with Crippen LogP contribution in [0.2, 0.25) is 0 Å². The molecule has 3 aromatic rings. The fraction of sp³-hybridized carbons (Fsp3) is 0.364. The van der Waals surface area contributed by atoms with Crippen molar-refractivity contribution in [1.29, 1.82) is 0 Å². The number of nitrogens with zero attached hydrogens (tertiary/aromatic N) is 3. The van der Waals surface area contributed by atoms with Gasteiger partial charge in [-0.3, -0.25) is 0 Å². The SMILES string of the molecule is CCn1c(CSc2ccc(C)cc2)nnc1SCCOc1cc(C)cc(C)c1. The molecule has 28 heavy (non-hydrogen) atoms. The van der Waals surface area contributed by atoms with Crippen LogP contribution < -0.4 is 4.74 Å². The third kappa shape index (κ3) is 5.79. The van der Waals surface area contributed by atoms with Gasteiger partial charge in [-0.1, -0.05) is 35.5 Å². The molecule has 0 aliphatic heterocycles. The molecule has 6 heteroatoms. The van der Waals surface area contributed by atoms with Crippen LogP contribution in [0.5, 0.6) is 5.75 Å². The largest absolute Gasteiger partial charge is 0.493 e. The molecule has 0 fully saturated rings. The van der Waals surface area contributed by atoms with E-state index in [1.165, 1.54) is 21.6 Å². The molecule has 2 aromatic carbocycles. The van der Waals surface area contributed by atoms with Crippen LogP contribution in [-0.4, -0.2) is 27.1 Å². The molecule has 0 aliphatic rings. The first kappa shape index (κ1) is 20.8. The van der Waals surface area contributed by atoms with Crippen LogP contribution in [-0.2, 0) is 12.3 Å². The second-order valence-corrected chi connectivity index (χ2v) is 8.88. The van der Waals surface area contributed by atoms with E-state index in [9.17, 15) is 0 Å². The number of benzene rings is 2. The highest BCUT2D eigenvalue weighted by atomic mass is 32.2. The number of aryl methyl sites for hydroxylation is 3. The Balaban J connectivity index is 1.52. The first-order chi connectivity index (χ1) is 13.5. The van der Waals surface area contributed by atoms with Gasteiger partial charge in [0.2, 0.25) is 0 Å². The van der Waals surface area contributed by atoms with E-state index in [0.29, 0.717) is 6.61 Å². The number of aromatic nitrogens is 3. The molecule has 0 atom stereocenters. The molecule has 0 aliphatic carbocycles. The second kappa shape index (κ2) is 10.0. The minimum Gasteiger partial charge on any atom is -0.493 e. The summed E-state index contributed by atoms with van der Waals surface area (Å²) in [7, 11) is 0. The lowest BCUT2D eigenvalue weighted by Gasteiger charge is -2.09. The summed E-state index contributed by atoms with van der Waals surface area (Å²) < 4.78 is 8.10. The Morgan fingerprint density at radius 2 is 1.61 bits per heavy atom. The van der Waals surface area contributed by atoms with Crippen LogP contribution in [0, 0.1) is 20.8 Å². The fourth-order valence-electron chi connectivity index (χ4n) is 2.94. The Morgan fingerprint density at radius 1 is 0.893 bits per heavy atom. The zero-order valence-corrected chi connectivity index (χ0v) is 18.6. The number of rotatable bonds is 9. The lowest BCUT2D eigenvalue weighted by molar-refractivity contribution is 0.343. The summed E-state index contributed by atoms with van der Waals surface area (Å²) in [6, 6.07) is 14.9. The van der Waals surface area contributed by atoms with Gasteiger partial charge in [0.15, 0.2) is 5.16 Å². The topological polar surface area (TPSA) is 39.9 Å². The fourth-order valence-corrected chi connectivity index (χ4v) is 4.62. The second-order valence-electron chi connectivity index (χ2n) is 6.77. The van der Waals surface area contributed by atoms with Crippen LogP contribution in [0.25, 0.3) is 0 Å². The van der Waals surface area contributed by atoms with Crippen molar-refractivity contribution in [2.24, 2.45) is 0 Å². The Hall–Kier alpha value is -1.92. The molecule has 0 N–H and O–H groups in total. The molecule has 0 radical (unpaired) electrons. The molecule has 148 valence electrons. The van der Waals surface area contributed by atoms with Gasteiger partial charge >= 0.3 is 0 Å². The van der Waals surface area contributed by atoms with Gasteiger partial charge < -0.3 is 9.30 Å². The van der Waals surface area contributed by atoms with Gasteiger partial charge in [-0.05, 0) is 63.1 Å². The van der Waals surface area contributed by atoms with Crippen molar-refractivity contribution in [2.45, 2.75) is 50.0 Å². The van der Waals surface area contributed by atoms with Gasteiger partial charge in [-0.25, -0.2) is 0 Å². The van der Waals surface area contributed by atoms with E-state index >= 15 is 0 Å². The lowest BCUT2D eigenvalue weighted by atomic mass is 10.1. The van der Waals surface area contributed by atoms with E-state index in [-0.39, 0.29) is 0 Å². The minimum absolute atomic E-state index is 0.650. The third-order valence-corrected chi connectivity index (χ3v) is 6.22. The maximum absolute atomic E-state index is 5.90. The normalized spacial score (nSPS) is 11.0. The van der Waals surface area contributed by atoms with E-state index in [2.05, 4.69) is 84.9 Å². The molecular formula is C22H27N3OS2. The molecule has 3 rings (SSSR count). The zero-order chi connectivity index (χ0) is 19.9. The zero-order valence-electron chi connectivity index (χ0n) is 16.9. The Labute approximate surface area is 176 Å². The van der Waals surface area contributed by atoms with Crippen molar-refractivity contribution in [3.63, 3.8) is 0 Å². The summed E-state index contributed by atoms with van der Waals surface area (Å²) in [5.41, 5.74) is 3.73. The Kier molecular flexibility index (Phi) is 7.45. The molecule has 0 saturated heterocycles. The predicted molar refractivity (Wildman–Crippen MR) is 119 cm³/mol. The van der Waals surface area contributed by atoms with Crippen molar-refractivity contribution < 1.29 is 4.74 Å². The maximum Gasteiger partial charge on any atom is 0.191 e. The average Bonchev–Trinajstić information content (AvgIpc) is 3.06. The standard InChI is InChI=1S/C22H27N3OS2/c1-5-25-21(15-28-20-8-6-16(2)7-9-20)23-24-22(25)27-11-10-26-19-13-17(3)12-18(4)14-19/h6-9,12-14H,5,10-11,15H2,1-4H3. The van der Waals surface area contributed by atoms with Gasteiger partial charge in [-0.15, -0.1) is 22.0 Å². The summed E-state index contributed by atoms with van der Waals surface area (Å²) in [5, 5.41) is 9.77. The smallest absolute Gasteiger partial charge is 0.191 e. The quantitative estimate of drug-likeness (QED) is 0.333. The average molecular weight is 414 g/mol. The van der Waals surface area contributed by atoms with Crippen LogP contribution in [0.4, 0.5) is 0 Å². The molecule has 0 bridgehead atoms. The predicted octanol–water partition coefficient (Wildman–Crippen LogP) is 5.69. The van der Waals surface area contributed by atoms with Crippen LogP contribution in [0.3, 0.4) is 0 Å². The van der Waals surface area contributed by atoms with Crippen molar-refractivity contribution in [2.75, 3.05) is 12.4 Å². The number of hydrogen-bond acceptors (Lipinski definition) is 5. The van der Waals surface area contributed by atoms with Gasteiger partial charge in [-0.2, -0.15) is 0 Å². The van der Waals surface area contributed by atoms with E-state index in [1.54, 1.807) is 23.5 Å². The summed E-state index contributed by atoms with van der Waals surface area (Å²) in [5.74, 6) is 3.62. The highest BCUT2D eigenvalue weighted by Crippen LogP contribution is 2.25. The summed E-state index contributed by atoms with van der Waals surface area (Å²) in [6.07, 6.45) is 0. The number of thioether (sulfide) groups is 2. The maximum atomic E-state index is 5.90. The monoisotopic (exact) mass is 413 g/mol.